The predicted molar refractivity (Wildman–Crippen MR) is 25.9 cm³/mol. The van der Waals surface area contributed by atoms with Crippen LogP contribution in [-0.2, 0) is 10.2 Å². The molecule has 0 aromatic carbocycles. The maximum atomic E-state index is 10.2. The van der Waals surface area contributed by atoms with Crippen molar-refractivity contribution in [2.45, 2.75) is 0 Å². The number of aliphatic hydroxyl groups excluding tert-OH is 1. The Labute approximate surface area is 46.2 Å². The summed E-state index contributed by atoms with van der Waals surface area (Å²) >= 11 is 0. The van der Waals surface area contributed by atoms with Crippen molar-refractivity contribution >= 4 is 10.2 Å². The van der Waals surface area contributed by atoms with Gasteiger partial charge in [0.05, 0.1) is 6.20 Å². The normalized spacial score (nSPS) is 23.2. The number of nitrogens with one attached hydrogen (secondary N) is 2. The van der Waals surface area contributed by atoms with Crippen LogP contribution in [0.3, 0.4) is 0 Å². The second kappa shape index (κ2) is 1.28. The zero-order valence-electron chi connectivity index (χ0n) is 3.75. The number of hydrogen-bond acceptors (Lipinski definition) is 3. The van der Waals surface area contributed by atoms with Crippen molar-refractivity contribution in [1.82, 2.24) is 9.44 Å². The van der Waals surface area contributed by atoms with Gasteiger partial charge in [-0.15, -0.1) is 0 Å². The van der Waals surface area contributed by atoms with E-state index in [2.05, 4.69) is 0 Å². The highest BCUT2D eigenvalue weighted by Gasteiger charge is 2.14. The van der Waals surface area contributed by atoms with Gasteiger partial charge in [-0.25, -0.2) is 4.72 Å². The molecular weight excluding hydrogens is 132 g/mol. The van der Waals surface area contributed by atoms with E-state index in [-0.39, 0.29) is 5.88 Å². The molecule has 0 aromatic rings. The lowest BCUT2D eigenvalue weighted by atomic mass is 10.9. The van der Waals surface area contributed by atoms with Crippen molar-refractivity contribution in [2.75, 3.05) is 0 Å². The molecule has 1 aliphatic rings. The second-order valence-corrected chi connectivity index (χ2v) is 2.70. The average molecular weight is 136 g/mol. The maximum Gasteiger partial charge on any atom is 0.323 e. The Kier molecular flexibility index (Phi) is 0.839. The van der Waals surface area contributed by atoms with Gasteiger partial charge < -0.3 is 5.11 Å². The van der Waals surface area contributed by atoms with Gasteiger partial charge in [-0.3, -0.25) is 4.72 Å². The molecule has 46 valence electrons. The van der Waals surface area contributed by atoms with Crippen molar-refractivity contribution in [2.24, 2.45) is 0 Å². The van der Waals surface area contributed by atoms with Gasteiger partial charge in [-0.05, 0) is 0 Å². The monoisotopic (exact) mass is 136 g/mol. The maximum absolute atomic E-state index is 10.2. The molecule has 0 amide bonds. The third kappa shape index (κ3) is 0.836. The summed E-state index contributed by atoms with van der Waals surface area (Å²) in [4.78, 5) is 0. The molecule has 0 aromatic heterocycles. The van der Waals surface area contributed by atoms with Crippen molar-refractivity contribution in [3.63, 3.8) is 0 Å². The standard InChI is InChI=1S/C2H4N2O3S/c5-2-1-3-8(6,7)4-2/h1,3-5H. The molecule has 6 heteroatoms. The summed E-state index contributed by atoms with van der Waals surface area (Å²) in [5.74, 6) is -0.384. The van der Waals surface area contributed by atoms with E-state index in [0.29, 0.717) is 0 Å². The fraction of sp³-hybridized carbons (Fsp3) is 0. The van der Waals surface area contributed by atoms with Gasteiger partial charge in [0.15, 0.2) is 0 Å². The molecule has 0 bridgehead atoms. The first-order chi connectivity index (χ1) is 3.60. The zero-order valence-corrected chi connectivity index (χ0v) is 4.57. The molecule has 0 spiro atoms. The predicted octanol–water partition coefficient (Wildman–Crippen LogP) is -1.22. The minimum absolute atomic E-state index is 0.384. The Bertz CT molecular complexity index is 215. The summed E-state index contributed by atoms with van der Waals surface area (Å²) < 4.78 is 24.1. The first-order valence-electron chi connectivity index (χ1n) is 1.79. The first kappa shape index (κ1) is 5.23. The second-order valence-electron chi connectivity index (χ2n) is 1.25. The third-order valence-corrected chi connectivity index (χ3v) is 1.50. The van der Waals surface area contributed by atoms with Crippen LogP contribution in [0.2, 0.25) is 0 Å². The van der Waals surface area contributed by atoms with Gasteiger partial charge >= 0.3 is 10.2 Å². The van der Waals surface area contributed by atoms with Gasteiger partial charge in [0.1, 0.15) is 0 Å². The van der Waals surface area contributed by atoms with Crippen LogP contribution in [0.4, 0.5) is 0 Å². The minimum atomic E-state index is -3.44. The summed E-state index contributed by atoms with van der Waals surface area (Å²) in [5.41, 5.74) is 0. The summed E-state index contributed by atoms with van der Waals surface area (Å²) in [6, 6.07) is 0. The highest BCUT2D eigenvalue weighted by molar-refractivity contribution is 7.88. The highest BCUT2D eigenvalue weighted by atomic mass is 32.2. The lowest BCUT2D eigenvalue weighted by Crippen LogP contribution is -2.24. The molecule has 1 heterocycles. The Hall–Kier alpha value is -0.910. The molecule has 3 N–H and O–H groups in total. The molecule has 5 nitrogen and oxygen atoms in total. The van der Waals surface area contributed by atoms with E-state index < -0.39 is 10.2 Å². The molecule has 0 saturated carbocycles. The van der Waals surface area contributed by atoms with Crippen LogP contribution in [0.15, 0.2) is 12.1 Å². The molecule has 0 radical (unpaired) electrons. The number of aliphatic hydroxyl groups is 1. The molecule has 8 heavy (non-hydrogen) atoms. The van der Waals surface area contributed by atoms with Crippen molar-refractivity contribution in [3.05, 3.63) is 12.1 Å². The molecule has 0 unspecified atom stereocenters. The zero-order chi connectivity index (χ0) is 6.20. The van der Waals surface area contributed by atoms with Gasteiger partial charge in [-0.2, -0.15) is 8.42 Å². The Balaban J connectivity index is 2.85. The molecule has 1 aliphatic heterocycles. The topological polar surface area (TPSA) is 78.4 Å². The van der Waals surface area contributed by atoms with E-state index in [0.717, 1.165) is 6.20 Å². The van der Waals surface area contributed by atoms with Crippen LogP contribution in [0.25, 0.3) is 0 Å². The van der Waals surface area contributed by atoms with Crippen LogP contribution < -0.4 is 9.44 Å². The Morgan fingerprint density at radius 2 is 2.25 bits per heavy atom. The lowest BCUT2D eigenvalue weighted by molar-refractivity contribution is 0.392. The van der Waals surface area contributed by atoms with Crippen LogP contribution >= 0.6 is 0 Å². The average Bonchev–Trinajstić information content (AvgIpc) is 1.82. The summed E-state index contributed by atoms with van der Waals surface area (Å²) in [6.45, 7) is 0. The van der Waals surface area contributed by atoms with Crippen LogP contribution in [0.5, 0.6) is 0 Å². The fourth-order valence-corrected chi connectivity index (χ4v) is 0.990. The summed E-state index contributed by atoms with van der Waals surface area (Å²) in [6.07, 6.45) is 0.954. The van der Waals surface area contributed by atoms with Crippen molar-refractivity contribution in [3.8, 4) is 0 Å². The first-order valence-corrected chi connectivity index (χ1v) is 3.28. The van der Waals surface area contributed by atoms with Gasteiger partial charge in [-0.1, -0.05) is 0 Å². The Morgan fingerprint density at radius 3 is 2.38 bits per heavy atom. The van der Waals surface area contributed by atoms with Crippen LogP contribution in [-0.4, -0.2) is 13.5 Å². The largest absolute Gasteiger partial charge is 0.493 e. The molecule has 0 atom stereocenters. The van der Waals surface area contributed by atoms with Crippen molar-refractivity contribution in [1.29, 1.82) is 0 Å². The summed E-state index contributed by atoms with van der Waals surface area (Å²) in [5, 5.41) is 8.37. The van der Waals surface area contributed by atoms with Gasteiger partial charge in [0, 0.05) is 0 Å². The van der Waals surface area contributed by atoms with E-state index in [4.69, 9.17) is 5.11 Å². The Morgan fingerprint density at radius 1 is 1.62 bits per heavy atom. The highest BCUT2D eigenvalue weighted by Crippen LogP contribution is 1.92. The SMILES string of the molecule is O=S1(=O)NC=C(O)N1. The minimum Gasteiger partial charge on any atom is -0.493 e. The number of rotatable bonds is 0. The van der Waals surface area contributed by atoms with E-state index >= 15 is 0 Å². The number of hydrogen-bond donors (Lipinski definition) is 3. The molecule has 0 aliphatic carbocycles. The van der Waals surface area contributed by atoms with Crippen molar-refractivity contribution < 1.29 is 13.5 Å². The fourth-order valence-electron chi connectivity index (χ4n) is 0.330. The molecule has 1 rings (SSSR count). The lowest BCUT2D eigenvalue weighted by Gasteiger charge is -1.91. The van der Waals surface area contributed by atoms with E-state index in [1.165, 1.54) is 0 Å². The van der Waals surface area contributed by atoms with Crippen LogP contribution in [0.1, 0.15) is 0 Å². The van der Waals surface area contributed by atoms with E-state index in [9.17, 15) is 8.42 Å². The molecular formula is C2H4N2O3S. The summed E-state index contributed by atoms with van der Waals surface area (Å²) in [7, 11) is -3.44. The van der Waals surface area contributed by atoms with Gasteiger partial charge in [0.2, 0.25) is 5.88 Å². The molecule has 0 saturated heterocycles. The van der Waals surface area contributed by atoms with E-state index in [1.807, 2.05) is 4.72 Å². The van der Waals surface area contributed by atoms with E-state index in [1.54, 1.807) is 4.72 Å². The van der Waals surface area contributed by atoms with Gasteiger partial charge in [0.25, 0.3) is 0 Å². The quantitative estimate of drug-likeness (QED) is 0.390. The molecule has 0 fully saturated rings. The van der Waals surface area contributed by atoms with Crippen LogP contribution in [0, 0.1) is 0 Å². The third-order valence-electron chi connectivity index (χ3n) is 0.590. The smallest absolute Gasteiger partial charge is 0.323 e.